The van der Waals surface area contributed by atoms with Crippen LogP contribution in [0.2, 0.25) is 0 Å². The Morgan fingerprint density at radius 2 is 2.13 bits per heavy atom. The van der Waals surface area contributed by atoms with Crippen molar-refractivity contribution in [3.8, 4) is 5.75 Å². The minimum absolute atomic E-state index is 0.0345. The summed E-state index contributed by atoms with van der Waals surface area (Å²) < 4.78 is 10.0. The molecule has 4 nitrogen and oxygen atoms in total. The first kappa shape index (κ1) is 8.23. The number of aromatic amines is 1. The van der Waals surface area contributed by atoms with Gasteiger partial charge in [0.05, 0.1) is 5.52 Å². The summed E-state index contributed by atoms with van der Waals surface area (Å²) in [6, 6.07) is 5.80. The van der Waals surface area contributed by atoms with Crippen molar-refractivity contribution in [2.24, 2.45) is 0 Å². The number of hydrogen-bond acceptors (Lipinski definition) is 3. The van der Waals surface area contributed by atoms with Gasteiger partial charge in [-0.2, -0.15) is 0 Å². The Labute approximate surface area is 88.3 Å². The van der Waals surface area contributed by atoms with E-state index in [1.807, 2.05) is 0 Å². The molecule has 1 heterocycles. The molecule has 1 aromatic carbocycles. The summed E-state index contributed by atoms with van der Waals surface area (Å²) in [7, 11) is 0. The number of nitrogens with one attached hydrogen (secondary N) is 1. The summed E-state index contributed by atoms with van der Waals surface area (Å²) in [4.78, 5) is 24.8. The van der Waals surface area contributed by atoms with Crippen LogP contribution in [0.3, 0.4) is 0 Å². The van der Waals surface area contributed by atoms with Gasteiger partial charge in [0, 0.05) is 20.0 Å². The summed E-state index contributed by atoms with van der Waals surface area (Å²) in [5, 5.41) is 10.1. The number of carbonyl (C=O) groups excluding carboxylic acids is 1. The Hall–Kier alpha value is -2.10. The van der Waals surface area contributed by atoms with Gasteiger partial charge in [0.2, 0.25) is 5.56 Å². The molecule has 0 aliphatic heterocycles. The number of aromatic hydroxyl groups is 1. The van der Waals surface area contributed by atoms with Crippen LogP contribution in [-0.2, 0) is 0 Å². The van der Waals surface area contributed by atoms with Crippen LogP contribution in [0.1, 0.15) is 20.3 Å². The molecule has 4 heteroatoms. The summed E-state index contributed by atoms with van der Waals surface area (Å²) in [6.45, 7) is 1.44. The Balaban J connectivity index is 0.000000686. The molecule has 0 atom stereocenters. The number of aromatic nitrogens is 1. The number of pyridine rings is 1. The topological polar surface area (TPSA) is 70.2 Å². The van der Waals surface area contributed by atoms with Crippen molar-refractivity contribution in [1.29, 1.82) is 0 Å². The normalized spacial score (nSPS) is 11.0. The number of phenols is 1. The molecule has 2 rings (SSSR count). The highest BCUT2D eigenvalue weighted by molar-refractivity contribution is 6.07. The molecule has 0 amide bonds. The van der Waals surface area contributed by atoms with Gasteiger partial charge in [-0.3, -0.25) is 9.59 Å². The first-order valence-electron chi connectivity index (χ1n) is 5.45. The van der Waals surface area contributed by atoms with E-state index in [0.717, 1.165) is 0 Å². The number of hydrogen-bond donors (Lipinski definition) is 2. The maximum Gasteiger partial charge on any atom is 0.248 e. The molecule has 0 unspecified atom stereocenters. The summed E-state index contributed by atoms with van der Waals surface area (Å²) >= 11 is 0. The Morgan fingerprint density at radius 3 is 2.80 bits per heavy atom. The van der Waals surface area contributed by atoms with E-state index < -0.39 is 0 Å². The lowest BCUT2D eigenvalue weighted by atomic mass is 10.1. The van der Waals surface area contributed by atoms with Crippen LogP contribution < -0.4 is 5.56 Å². The Bertz CT molecular complexity index is 607. The van der Waals surface area contributed by atoms with Gasteiger partial charge in [-0.1, -0.05) is 0 Å². The first-order valence-corrected chi connectivity index (χ1v) is 4.45. The highest BCUT2D eigenvalue weighted by Gasteiger charge is 2.08. The molecule has 78 valence electrons. The lowest BCUT2D eigenvalue weighted by Gasteiger charge is -2.04. The van der Waals surface area contributed by atoms with Gasteiger partial charge in [-0.15, -0.1) is 0 Å². The Morgan fingerprint density at radius 1 is 1.40 bits per heavy atom. The van der Waals surface area contributed by atoms with Crippen molar-refractivity contribution in [3.05, 3.63) is 40.2 Å². The van der Waals surface area contributed by atoms with E-state index in [2.05, 4.69) is 4.98 Å². The van der Waals surface area contributed by atoms with Crippen molar-refractivity contribution >= 4 is 16.7 Å². The number of benzene rings is 1. The van der Waals surface area contributed by atoms with Gasteiger partial charge in [0.15, 0.2) is 5.78 Å². The number of H-pyrrole nitrogens is 1. The third kappa shape index (κ3) is 1.50. The molecule has 0 radical (unpaired) electrons. The van der Waals surface area contributed by atoms with E-state index in [1.165, 1.54) is 31.2 Å². The van der Waals surface area contributed by atoms with E-state index in [-0.39, 0.29) is 17.1 Å². The zero-order valence-corrected chi connectivity index (χ0v) is 8.07. The fourth-order valence-electron chi connectivity index (χ4n) is 1.54. The predicted octanol–water partition coefficient (Wildman–Crippen LogP) is 1.68. The molecule has 0 aliphatic carbocycles. The van der Waals surface area contributed by atoms with E-state index in [4.69, 9.17) is 2.97 Å². The smallest absolute Gasteiger partial charge is 0.248 e. The highest BCUT2D eigenvalue weighted by atomic mass is 16.3. The second kappa shape index (κ2) is 3.24. The average molecular weight is 207 g/mol. The maximum absolute atomic E-state index is 11.3. The van der Waals surface area contributed by atoms with Crippen molar-refractivity contribution in [2.75, 3.05) is 0 Å². The van der Waals surface area contributed by atoms with Crippen LogP contribution in [0.5, 0.6) is 5.75 Å². The van der Waals surface area contributed by atoms with E-state index >= 15 is 0 Å². The van der Waals surface area contributed by atoms with Crippen LogP contribution in [0, 0.1) is 0 Å². The molecule has 0 spiro atoms. The van der Waals surface area contributed by atoms with Crippen molar-refractivity contribution in [3.63, 3.8) is 0 Å². The molecule has 2 aromatic rings. The van der Waals surface area contributed by atoms with Gasteiger partial charge in [0.1, 0.15) is 5.75 Å². The summed E-state index contributed by atoms with van der Waals surface area (Å²) in [5.41, 5.74) is 0.479. The number of carbonyl (C=O) groups is 1. The molecule has 0 saturated heterocycles. The van der Waals surface area contributed by atoms with Gasteiger partial charge in [-0.25, -0.2) is 0 Å². The maximum atomic E-state index is 11.3. The molecular formula is C11H11NO3. The fourth-order valence-corrected chi connectivity index (χ4v) is 1.54. The average Bonchev–Trinajstić information content (AvgIpc) is 2.32. The van der Waals surface area contributed by atoms with E-state index in [0.29, 0.717) is 16.5 Å². The van der Waals surface area contributed by atoms with Crippen LogP contribution in [0.25, 0.3) is 10.9 Å². The predicted molar refractivity (Wildman–Crippen MR) is 58.4 cm³/mol. The second-order valence-electron chi connectivity index (χ2n) is 3.30. The van der Waals surface area contributed by atoms with Gasteiger partial charge < -0.3 is 10.1 Å². The van der Waals surface area contributed by atoms with Crippen LogP contribution >= 0.6 is 0 Å². The number of ketones is 1. The molecule has 2 N–H and O–H groups in total. The minimum Gasteiger partial charge on any atom is -0.506 e. The first-order chi connectivity index (χ1) is 8.09. The van der Waals surface area contributed by atoms with Gasteiger partial charge in [-0.05, 0) is 25.1 Å². The third-order valence-electron chi connectivity index (χ3n) is 2.25. The standard InChI is InChI=1S/C11H9NO3.H2/c1-6(13)7-2-4-9(14)11-8(7)3-5-10(15)12-11;/h2-5,14H,1H3,(H,12,15);1H/i;1+1D. The van der Waals surface area contributed by atoms with Crippen molar-refractivity contribution in [2.45, 2.75) is 6.92 Å². The fraction of sp³-hybridized carbons (Fsp3) is 0.0909. The summed E-state index contributed by atoms with van der Waals surface area (Å²) in [5.74, 6) is -0.139. The zero-order chi connectivity index (χ0) is 13.0. The second-order valence-corrected chi connectivity index (χ2v) is 3.30. The molecule has 0 bridgehead atoms. The quantitative estimate of drug-likeness (QED) is 0.699. The van der Waals surface area contributed by atoms with Gasteiger partial charge in [0.25, 0.3) is 0 Å². The van der Waals surface area contributed by atoms with Gasteiger partial charge >= 0.3 is 0 Å². The molecule has 0 aliphatic rings. The minimum atomic E-state index is -0.307. The zero-order valence-electron chi connectivity index (χ0n) is 10.1. The number of Topliss-reactive ketones (excluding diaryl/α,β-unsaturated/α-hetero) is 1. The SMILES string of the molecule is CC(=O)c1ccc(O)c2[nH]c(=O)ccc12.[2H][2H]. The monoisotopic (exact) mass is 207 g/mol. The Kier molecular flexibility index (Phi) is 1.78. The molecule has 15 heavy (non-hydrogen) atoms. The van der Waals surface area contributed by atoms with Crippen LogP contribution in [-0.4, -0.2) is 15.9 Å². The number of phenolic OH excluding ortho intramolecular Hbond substituents is 1. The van der Waals surface area contributed by atoms with Crippen molar-refractivity contribution < 1.29 is 12.9 Å². The third-order valence-corrected chi connectivity index (χ3v) is 2.25. The molecule has 0 fully saturated rings. The molecular weight excluding hydrogens is 194 g/mol. The summed E-state index contributed by atoms with van der Waals surface area (Å²) in [6.07, 6.45) is 0. The van der Waals surface area contributed by atoms with E-state index in [1.54, 1.807) is 0 Å². The number of rotatable bonds is 1. The highest BCUT2D eigenvalue weighted by Crippen LogP contribution is 2.24. The largest absolute Gasteiger partial charge is 0.506 e. The molecule has 0 saturated carbocycles. The van der Waals surface area contributed by atoms with Crippen LogP contribution in [0.15, 0.2) is 29.1 Å². The molecule has 1 aromatic heterocycles. The van der Waals surface area contributed by atoms with Crippen LogP contribution in [0.4, 0.5) is 0 Å². The number of fused-ring (bicyclic) bond motifs is 1. The van der Waals surface area contributed by atoms with Crippen molar-refractivity contribution in [1.82, 2.24) is 4.98 Å². The lowest BCUT2D eigenvalue weighted by Crippen LogP contribution is -2.04. The van der Waals surface area contributed by atoms with E-state index in [9.17, 15) is 14.7 Å². The lowest BCUT2D eigenvalue weighted by molar-refractivity contribution is 0.101.